The van der Waals surface area contributed by atoms with Gasteiger partial charge < -0.3 is 5.73 Å². The molecule has 2 N–H and O–H groups in total. The maximum absolute atomic E-state index is 13.8. The van der Waals surface area contributed by atoms with Gasteiger partial charge in [0.2, 0.25) is 0 Å². The first-order chi connectivity index (χ1) is 5.66. The highest BCUT2D eigenvalue weighted by molar-refractivity contribution is 4.92. The fraction of sp³-hybridized carbons (Fsp3) is 0.800. The molecule has 0 amide bonds. The second-order valence-electron chi connectivity index (χ2n) is 3.69. The number of hydrogen-bond donors (Lipinski definition) is 1. The molecule has 1 aliphatic carbocycles. The molecule has 0 bridgehead atoms. The number of terminal acetylenes is 1. The van der Waals surface area contributed by atoms with Gasteiger partial charge in [-0.1, -0.05) is 0 Å². The Kier molecular flexibility index (Phi) is 3.11. The predicted octanol–water partition coefficient (Wildman–Crippen LogP) is 2.01. The zero-order valence-corrected chi connectivity index (χ0v) is 7.35. The van der Waals surface area contributed by atoms with Crippen molar-refractivity contribution in [2.45, 2.75) is 50.2 Å². The topological polar surface area (TPSA) is 26.0 Å². The van der Waals surface area contributed by atoms with E-state index < -0.39 is 5.67 Å². The van der Waals surface area contributed by atoms with Crippen molar-refractivity contribution in [1.82, 2.24) is 0 Å². The first-order valence-corrected chi connectivity index (χ1v) is 4.54. The lowest BCUT2D eigenvalue weighted by atomic mass is 9.81. The number of halogens is 1. The van der Waals surface area contributed by atoms with Gasteiger partial charge in [0.1, 0.15) is 5.67 Å². The van der Waals surface area contributed by atoms with E-state index >= 15 is 0 Å². The molecule has 0 aromatic rings. The average Bonchev–Trinajstić information content (AvgIpc) is 2.08. The van der Waals surface area contributed by atoms with Gasteiger partial charge in [0.25, 0.3) is 0 Å². The average molecular weight is 169 g/mol. The summed E-state index contributed by atoms with van der Waals surface area (Å²) in [6, 6.07) is 0.208. The van der Waals surface area contributed by atoms with E-state index in [0.717, 1.165) is 12.8 Å². The van der Waals surface area contributed by atoms with E-state index in [1.807, 2.05) is 0 Å². The first kappa shape index (κ1) is 9.54. The van der Waals surface area contributed by atoms with Crippen LogP contribution < -0.4 is 5.73 Å². The van der Waals surface area contributed by atoms with E-state index in [1.54, 1.807) is 0 Å². The molecular weight excluding hydrogens is 153 g/mol. The highest BCUT2D eigenvalue weighted by Crippen LogP contribution is 2.34. The largest absolute Gasteiger partial charge is 0.328 e. The number of rotatable bonds is 2. The highest BCUT2D eigenvalue weighted by atomic mass is 19.1. The Morgan fingerprint density at radius 3 is 2.58 bits per heavy atom. The van der Waals surface area contributed by atoms with Crippen LogP contribution in [-0.4, -0.2) is 11.7 Å². The van der Waals surface area contributed by atoms with Crippen LogP contribution in [0.5, 0.6) is 0 Å². The van der Waals surface area contributed by atoms with E-state index in [0.29, 0.717) is 25.7 Å². The van der Waals surface area contributed by atoms with Crippen molar-refractivity contribution < 1.29 is 4.39 Å². The zero-order valence-electron chi connectivity index (χ0n) is 7.35. The fourth-order valence-corrected chi connectivity index (χ4v) is 1.70. The van der Waals surface area contributed by atoms with Gasteiger partial charge in [0, 0.05) is 12.5 Å². The van der Waals surface area contributed by atoms with Gasteiger partial charge >= 0.3 is 0 Å². The molecule has 0 aromatic carbocycles. The van der Waals surface area contributed by atoms with Gasteiger partial charge in [0.15, 0.2) is 0 Å². The van der Waals surface area contributed by atoms with E-state index in [9.17, 15) is 4.39 Å². The van der Waals surface area contributed by atoms with Gasteiger partial charge in [0.05, 0.1) is 0 Å². The molecule has 0 radical (unpaired) electrons. The van der Waals surface area contributed by atoms with E-state index in [4.69, 9.17) is 12.2 Å². The molecule has 1 fully saturated rings. The Hall–Kier alpha value is -0.550. The smallest absolute Gasteiger partial charge is 0.112 e. The molecule has 1 saturated carbocycles. The summed E-state index contributed by atoms with van der Waals surface area (Å²) in [5.74, 6) is 2.48. The van der Waals surface area contributed by atoms with Gasteiger partial charge in [-0.05, 0) is 32.1 Å². The molecule has 0 atom stereocenters. The molecule has 1 aliphatic rings. The molecule has 0 unspecified atom stereocenters. The Morgan fingerprint density at radius 1 is 1.50 bits per heavy atom. The van der Waals surface area contributed by atoms with Crippen molar-refractivity contribution in [3.63, 3.8) is 0 Å². The lowest BCUT2D eigenvalue weighted by Crippen LogP contribution is -2.35. The van der Waals surface area contributed by atoms with Crippen LogP contribution in [0.1, 0.15) is 38.5 Å². The second-order valence-corrected chi connectivity index (χ2v) is 3.69. The van der Waals surface area contributed by atoms with E-state index in [-0.39, 0.29) is 6.04 Å². The lowest BCUT2D eigenvalue weighted by molar-refractivity contribution is 0.0909. The van der Waals surface area contributed by atoms with Crippen LogP contribution >= 0.6 is 0 Å². The number of nitrogens with two attached hydrogens (primary N) is 1. The number of alkyl halides is 1. The van der Waals surface area contributed by atoms with Crippen molar-refractivity contribution >= 4 is 0 Å². The second kappa shape index (κ2) is 3.91. The fourth-order valence-electron chi connectivity index (χ4n) is 1.70. The van der Waals surface area contributed by atoms with E-state index in [2.05, 4.69) is 5.92 Å². The summed E-state index contributed by atoms with van der Waals surface area (Å²) in [5.41, 5.74) is 4.67. The Balaban J connectivity index is 2.35. The van der Waals surface area contributed by atoms with Gasteiger partial charge in [-0.3, -0.25) is 0 Å². The van der Waals surface area contributed by atoms with Gasteiger partial charge in [-0.2, -0.15) is 0 Å². The summed E-state index contributed by atoms with van der Waals surface area (Å²) in [5, 5.41) is 0. The summed E-state index contributed by atoms with van der Waals surface area (Å²) in [4.78, 5) is 0. The molecule has 0 heterocycles. The lowest BCUT2D eigenvalue weighted by Gasteiger charge is -2.31. The summed E-state index contributed by atoms with van der Waals surface area (Å²) < 4.78 is 13.8. The molecule has 1 nitrogen and oxygen atoms in total. The third kappa shape index (κ3) is 2.49. The minimum absolute atomic E-state index is 0.208. The van der Waals surface area contributed by atoms with Gasteiger partial charge in [-0.25, -0.2) is 4.39 Å². The quantitative estimate of drug-likeness (QED) is 0.629. The van der Waals surface area contributed by atoms with Crippen molar-refractivity contribution in [2.24, 2.45) is 5.73 Å². The number of hydrogen-bond acceptors (Lipinski definition) is 1. The minimum Gasteiger partial charge on any atom is -0.328 e. The van der Waals surface area contributed by atoms with Crippen LogP contribution in [-0.2, 0) is 0 Å². The molecule has 0 saturated heterocycles. The monoisotopic (exact) mass is 169 g/mol. The standard InChI is InChI=1S/C10H16FN/c1-2-3-6-10(11)7-4-9(12)5-8-10/h1,9H,3-8,12H2. The third-order valence-electron chi connectivity index (χ3n) is 2.64. The Bertz CT molecular complexity index is 175. The highest BCUT2D eigenvalue weighted by Gasteiger charge is 2.33. The van der Waals surface area contributed by atoms with Crippen molar-refractivity contribution in [1.29, 1.82) is 0 Å². The normalized spacial score (nSPS) is 35.9. The Labute approximate surface area is 73.5 Å². The molecule has 2 heteroatoms. The van der Waals surface area contributed by atoms with Crippen LogP contribution in [0, 0.1) is 12.3 Å². The molecule has 68 valence electrons. The van der Waals surface area contributed by atoms with Crippen molar-refractivity contribution in [2.75, 3.05) is 0 Å². The Morgan fingerprint density at radius 2 is 2.08 bits per heavy atom. The molecule has 0 aromatic heterocycles. The minimum atomic E-state index is -1.01. The molecule has 12 heavy (non-hydrogen) atoms. The summed E-state index contributed by atoms with van der Waals surface area (Å²) >= 11 is 0. The summed E-state index contributed by atoms with van der Waals surface area (Å²) in [6.07, 6.45) is 8.95. The maximum Gasteiger partial charge on any atom is 0.112 e. The molecule has 0 spiro atoms. The van der Waals surface area contributed by atoms with Crippen LogP contribution in [0.25, 0.3) is 0 Å². The van der Waals surface area contributed by atoms with Crippen molar-refractivity contribution in [3.8, 4) is 12.3 Å². The first-order valence-electron chi connectivity index (χ1n) is 4.54. The summed E-state index contributed by atoms with van der Waals surface area (Å²) in [6.45, 7) is 0. The van der Waals surface area contributed by atoms with Gasteiger partial charge in [-0.15, -0.1) is 12.3 Å². The van der Waals surface area contributed by atoms with E-state index in [1.165, 1.54) is 0 Å². The SMILES string of the molecule is C#CCCC1(F)CCC(N)CC1. The maximum atomic E-state index is 13.8. The van der Waals surface area contributed by atoms with Crippen LogP contribution in [0.3, 0.4) is 0 Å². The third-order valence-corrected chi connectivity index (χ3v) is 2.64. The summed E-state index contributed by atoms with van der Waals surface area (Å²) in [7, 11) is 0. The van der Waals surface area contributed by atoms with Crippen LogP contribution in [0.15, 0.2) is 0 Å². The molecule has 0 aliphatic heterocycles. The van der Waals surface area contributed by atoms with Crippen LogP contribution in [0.2, 0.25) is 0 Å². The van der Waals surface area contributed by atoms with Crippen LogP contribution in [0.4, 0.5) is 4.39 Å². The van der Waals surface area contributed by atoms with Crippen molar-refractivity contribution in [3.05, 3.63) is 0 Å². The zero-order chi connectivity index (χ0) is 9.03. The molecular formula is C10H16FN. The predicted molar refractivity (Wildman–Crippen MR) is 48.3 cm³/mol. The molecule has 1 rings (SSSR count).